The molecule has 2 fully saturated rings. The second-order valence-electron chi connectivity index (χ2n) is 12.0. The second kappa shape index (κ2) is 10.8. The number of rotatable bonds is 5. The lowest BCUT2D eigenvalue weighted by atomic mass is 9.76. The molecule has 242 valence electrons. The van der Waals surface area contributed by atoms with Crippen molar-refractivity contribution in [3.05, 3.63) is 71.6 Å². The van der Waals surface area contributed by atoms with Crippen LogP contribution in [0.5, 0.6) is 0 Å². The molecule has 2 heterocycles. The second-order valence-corrected chi connectivity index (χ2v) is 14.2. The molecule has 0 bridgehead atoms. The molecule has 3 aromatic rings. The minimum absolute atomic E-state index is 0.0174. The van der Waals surface area contributed by atoms with E-state index < -0.39 is 44.2 Å². The Bertz CT molecular complexity index is 1670. The Morgan fingerprint density at radius 2 is 1.56 bits per heavy atom. The Hall–Kier alpha value is -3.42. The van der Waals surface area contributed by atoms with Gasteiger partial charge in [-0.3, -0.25) is 4.79 Å². The zero-order chi connectivity index (χ0) is 32.4. The first-order valence-electron chi connectivity index (χ1n) is 14.6. The van der Waals surface area contributed by atoms with Crippen molar-refractivity contribution in [1.82, 2.24) is 10.1 Å². The van der Waals surface area contributed by atoms with Crippen LogP contribution in [0.3, 0.4) is 0 Å². The van der Waals surface area contributed by atoms with Crippen molar-refractivity contribution < 1.29 is 48.5 Å². The maximum atomic E-state index is 15.1. The summed E-state index contributed by atoms with van der Waals surface area (Å²) < 4.78 is 129. The fourth-order valence-corrected chi connectivity index (χ4v) is 9.83. The van der Waals surface area contributed by atoms with E-state index in [0.29, 0.717) is 36.1 Å². The molecule has 1 saturated carbocycles. The number of carbonyl (C=O) groups is 1. The number of aryl methyl sites for hydroxylation is 1. The Morgan fingerprint density at radius 1 is 0.889 bits per heavy atom. The lowest BCUT2D eigenvalue weighted by molar-refractivity contribution is -0.348. The maximum absolute atomic E-state index is 15.1. The molecule has 1 amide bonds. The van der Waals surface area contributed by atoms with Crippen LogP contribution in [0.1, 0.15) is 61.6 Å². The number of hydrogen-bond donors (Lipinski definition) is 0. The summed E-state index contributed by atoms with van der Waals surface area (Å²) in [6.45, 7) is 0.0390. The normalized spacial score (nSPS) is 23.1. The van der Waals surface area contributed by atoms with Crippen LogP contribution in [0.25, 0.3) is 11.1 Å². The van der Waals surface area contributed by atoms with Crippen molar-refractivity contribution in [3.8, 4) is 11.1 Å². The molecular formula is C31H29F7N2O4S. The quantitative estimate of drug-likeness (QED) is 0.267. The van der Waals surface area contributed by atoms with Gasteiger partial charge in [-0.2, -0.15) is 26.3 Å². The molecule has 0 spiro atoms. The van der Waals surface area contributed by atoms with Crippen LogP contribution in [0.4, 0.5) is 30.7 Å². The van der Waals surface area contributed by atoms with Gasteiger partial charge in [0.15, 0.2) is 9.84 Å². The van der Waals surface area contributed by atoms with Gasteiger partial charge in [0.05, 0.1) is 17.1 Å². The van der Waals surface area contributed by atoms with E-state index in [9.17, 15) is 39.6 Å². The molecule has 2 atom stereocenters. The highest BCUT2D eigenvalue weighted by Gasteiger charge is 2.74. The van der Waals surface area contributed by atoms with Crippen LogP contribution in [0, 0.1) is 5.92 Å². The van der Waals surface area contributed by atoms with Gasteiger partial charge in [-0.1, -0.05) is 54.8 Å². The summed E-state index contributed by atoms with van der Waals surface area (Å²) in [6, 6.07) is 6.59. The van der Waals surface area contributed by atoms with E-state index in [1.54, 1.807) is 4.90 Å². The Kier molecular flexibility index (Phi) is 7.60. The van der Waals surface area contributed by atoms with Crippen LogP contribution in [0.2, 0.25) is 0 Å². The summed E-state index contributed by atoms with van der Waals surface area (Å²) in [4.78, 5) is 15.2. The van der Waals surface area contributed by atoms with Gasteiger partial charge < -0.3 is 9.42 Å². The molecule has 1 aliphatic heterocycles. The lowest BCUT2D eigenvalue weighted by Gasteiger charge is -2.43. The number of likely N-dealkylation sites (tertiary alicyclic amines) is 1. The van der Waals surface area contributed by atoms with Crippen molar-refractivity contribution >= 4 is 15.7 Å². The summed E-state index contributed by atoms with van der Waals surface area (Å²) in [5.41, 5.74) is -6.30. The monoisotopic (exact) mass is 658 g/mol. The SMILES string of the molecule is O=C(C1CCCCC1)N1CCC2(S(=O)(=O)c3ccc(-c4cnoc4)cc3)c3ccc(C(F)(C(F)(F)F)C(F)(F)F)cc3CCC12. The van der Waals surface area contributed by atoms with Gasteiger partial charge in [-0.05, 0) is 60.9 Å². The summed E-state index contributed by atoms with van der Waals surface area (Å²) in [5, 5.41) is 3.63. The largest absolute Gasteiger partial charge is 0.435 e. The number of hydrogen-bond acceptors (Lipinski definition) is 5. The molecule has 45 heavy (non-hydrogen) atoms. The van der Waals surface area contributed by atoms with Crippen LogP contribution < -0.4 is 0 Å². The predicted octanol–water partition coefficient (Wildman–Crippen LogP) is 7.43. The molecule has 6 rings (SSSR count). The predicted molar refractivity (Wildman–Crippen MR) is 147 cm³/mol. The van der Waals surface area contributed by atoms with Gasteiger partial charge in [0.25, 0.3) is 0 Å². The average Bonchev–Trinajstić information content (AvgIpc) is 3.69. The average molecular weight is 659 g/mol. The molecule has 1 aromatic heterocycles. The first kappa shape index (κ1) is 31.6. The minimum Gasteiger partial charge on any atom is -0.364 e. The van der Waals surface area contributed by atoms with E-state index in [1.165, 1.54) is 36.7 Å². The molecule has 0 radical (unpaired) electrons. The number of carbonyl (C=O) groups excluding carboxylic acids is 1. The number of amides is 1. The lowest BCUT2D eigenvalue weighted by Crippen LogP contribution is -2.53. The van der Waals surface area contributed by atoms with Crippen molar-refractivity contribution in [1.29, 1.82) is 0 Å². The maximum Gasteiger partial charge on any atom is 0.435 e. The topological polar surface area (TPSA) is 80.5 Å². The third kappa shape index (κ3) is 4.77. The van der Waals surface area contributed by atoms with E-state index in [-0.39, 0.29) is 53.7 Å². The summed E-state index contributed by atoms with van der Waals surface area (Å²) in [6.07, 6.45) is -6.14. The Labute approximate surface area is 254 Å². The van der Waals surface area contributed by atoms with E-state index in [4.69, 9.17) is 4.52 Å². The van der Waals surface area contributed by atoms with Crippen molar-refractivity contribution in [3.63, 3.8) is 0 Å². The van der Waals surface area contributed by atoms with Gasteiger partial charge in [0.2, 0.25) is 5.91 Å². The number of nitrogens with zero attached hydrogens (tertiary/aromatic N) is 2. The zero-order valence-corrected chi connectivity index (χ0v) is 24.6. The highest BCUT2D eigenvalue weighted by molar-refractivity contribution is 7.92. The first-order valence-corrected chi connectivity index (χ1v) is 16.1. The first-order chi connectivity index (χ1) is 21.1. The van der Waals surface area contributed by atoms with E-state index in [2.05, 4.69) is 5.16 Å². The number of sulfone groups is 1. The third-order valence-corrected chi connectivity index (χ3v) is 12.3. The van der Waals surface area contributed by atoms with E-state index in [0.717, 1.165) is 25.3 Å². The number of alkyl halides is 7. The third-order valence-electron chi connectivity index (χ3n) is 9.71. The summed E-state index contributed by atoms with van der Waals surface area (Å²) in [7, 11) is -4.43. The van der Waals surface area contributed by atoms with Crippen molar-refractivity contribution in [2.75, 3.05) is 6.54 Å². The van der Waals surface area contributed by atoms with E-state index in [1.807, 2.05) is 0 Å². The molecule has 14 heteroatoms. The zero-order valence-electron chi connectivity index (χ0n) is 23.8. The van der Waals surface area contributed by atoms with Gasteiger partial charge >= 0.3 is 18.0 Å². The number of benzene rings is 2. The highest BCUT2D eigenvalue weighted by atomic mass is 32.2. The standard InChI is InChI=1S/C31H29F7N2O4S/c32-29(30(33,34)35,31(36,37)38)23-9-12-25-21(16-23)8-13-26-28(25,14-15-40(26)27(41)20-4-2-1-3-5-20)45(42,43)24-10-6-19(7-11-24)22-17-39-44-18-22/h6-7,9-12,16-18,20,26H,1-5,8,13-15H2. The van der Waals surface area contributed by atoms with Crippen molar-refractivity contribution in [2.45, 2.75) is 85.1 Å². The van der Waals surface area contributed by atoms with Crippen LogP contribution in [-0.2, 0) is 31.5 Å². The minimum atomic E-state index is -6.32. The fraction of sp³-hybridized carbons (Fsp3) is 0.484. The fourth-order valence-electron chi connectivity index (χ4n) is 7.46. The molecule has 1 saturated heterocycles. The van der Waals surface area contributed by atoms with Crippen LogP contribution >= 0.6 is 0 Å². The Balaban J connectivity index is 1.49. The Morgan fingerprint density at radius 3 is 2.16 bits per heavy atom. The van der Waals surface area contributed by atoms with Crippen LogP contribution in [-0.4, -0.2) is 49.3 Å². The summed E-state index contributed by atoms with van der Waals surface area (Å²) in [5.74, 6) is -0.494. The molecule has 2 unspecified atom stereocenters. The molecule has 3 aliphatic rings. The molecule has 0 N–H and O–H groups in total. The number of fused-ring (bicyclic) bond motifs is 3. The van der Waals surface area contributed by atoms with Crippen molar-refractivity contribution in [2.24, 2.45) is 5.92 Å². The van der Waals surface area contributed by atoms with Gasteiger partial charge in [-0.15, -0.1) is 0 Å². The van der Waals surface area contributed by atoms with Crippen LogP contribution in [0.15, 0.2) is 64.3 Å². The highest BCUT2D eigenvalue weighted by Crippen LogP contribution is 2.57. The molecule has 2 aliphatic carbocycles. The number of aromatic nitrogens is 1. The van der Waals surface area contributed by atoms with E-state index >= 15 is 4.39 Å². The molecule has 2 aromatic carbocycles. The summed E-state index contributed by atoms with van der Waals surface area (Å²) >= 11 is 0. The van der Waals surface area contributed by atoms with Gasteiger partial charge in [0.1, 0.15) is 11.0 Å². The molecule has 6 nitrogen and oxygen atoms in total. The van der Waals surface area contributed by atoms with Gasteiger partial charge in [-0.25, -0.2) is 12.8 Å². The van der Waals surface area contributed by atoms with Gasteiger partial charge in [0, 0.05) is 23.6 Å². The smallest absolute Gasteiger partial charge is 0.364 e. The number of halogens is 7. The molecular weight excluding hydrogens is 629 g/mol.